The highest BCUT2D eigenvalue weighted by atomic mass is 19.1. The van der Waals surface area contributed by atoms with Crippen LogP contribution >= 0.6 is 0 Å². The number of pyridine rings is 1. The predicted molar refractivity (Wildman–Crippen MR) is 70.0 cm³/mol. The zero-order valence-electron chi connectivity index (χ0n) is 10.9. The summed E-state index contributed by atoms with van der Waals surface area (Å²) in [5.41, 5.74) is -0.215. The molecule has 1 amide bonds. The molecular weight excluding hydrogens is 265 g/mol. The second-order valence-electron chi connectivity index (χ2n) is 4.73. The lowest BCUT2D eigenvalue weighted by molar-refractivity contribution is -0.121. The molecule has 0 spiro atoms. The molecule has 1 aliphatic rings. The van der Waals surface area contributed by atoms with Gasteiger partial charge in [-0.1, -0.05) is 0 Å². The molecular formula is C13H16FN3O3. The molecule has 0 aromatic carbocycles. The molecule has 1 saturated carbocycles. The molecule has 108 valence electrons. The number of aromatic nitrogens is 1. The van der Waals surface area contributed by atoms with Gasteiger partial charge in [0.25, 0.3) is 0 Å². The Morgan fingerprint density at radius 2 is 2.20 bits per heavy atom. The number of aromatic carboxylic acids is 1. The molecule has 0 bridgehead atoms. The summed E-state index contributed by atoms with van der Waals surface area (Å²) in [6.45, 7) is 0.400. The van der Waals surface area contributed by atoms with Gasteiger partial charge in [0.15, 0.2) is 0 Å². The maximum atomic E-state index is 12.9. The molecule has 3 N–H and O–H groups in total. The molecule has 6 nitrogen and oxygen atoms in total. The molecule has 7 heteroatoms. The summed E-state index contributed by atoms with van der Waals surface area (Å²) in [5.74, 6) is -1.83. The number of carbonyl (C=O) groups is 2. The van der Waals surface area contributed by atoms with E-state index in [1.807, 2.05) is 0 Å². The average Bonchev–Trinajstić information content (AvgIpc) is 3.19. The van der Waals surface area contributed by atoms with E-state index < -0.39 is 11.8 Å². The van der Waals surface area contributed by atoms with Crippen molar-refractivity contribution < 1.29 is 19.1 Å². The monoisotopic (exact) mass is 281 g/mol. The zero-order valence-corrected chi connectivity index (χ0v) is 10.9. The largest absolute Gasteiger partial charge is 0.478 e. The number of anilines is 1. The van der Waals surface area contributed by atoms with Crippen LogP contribution < -0.4 is 10.6 Å². The number of rotatable bonds is 7. The van der Waals surface area contributed by atoms with Crippen LogP contribution in [0.15, 0.2) is 12.3 Å². The third kappa shape index (κ3) is 4.18. The number of hydrogen-bond acceptors (Lipinski definition) is 4. The van der Waals surface area contributed by atoms with E-state index in [9.17, 15) is 14.0 Å². The highest BCUT2D eigenvalue weighted by Crippen LogP contribution is 2.18. The lowest BCUT2D eigenvalue weighted by Crippen LogP contribution is -2.25. The fourth-order valence-corrected chi connectivity index (χ4v) is 1.73. The Morgan fingerprint density at radius 1 is 1.45 bits per heavy atom. The summed E-state index contributed by atoms with van der Waals surface area (Å²) in [6, 6.07) is 1.25. The fraction of sp³-hybridized carbons (Fsp3) is 0.462. The Hall–Kier alpha value is -2.18. The van der Waals surface area contributed by atoms with Gasteiger partial charge in [-0.3, -0.25) is 4.79 Å². The summed E-state index contributed by atoms with van der Waals surface area (Å²) in [5, 5.41) is 14.6. The maximum absolute atomic E-state index is 12.9. The van der Waals surface area contributed by atoms with Crippen molar-refractivity contribution in [1.29, 1.82) is 0 Å². The predicted octanol–water partition coefficient (Wildman–Crippen LogP) is 1.39. The highest BCUT2D eigenvalue weighted by molar-refractivity contribution is 5.93. The number of nitrogens with one attached hydrogen (secondary N) is 2. The maximum Gasteiger partial charge on any atom is 0.339 e. The third-order valence-electron chi connectivity index (χ3n) is 2.90. The first-order valence-electron chi connectivity index (χ1n) is 6.48. The zero-order chi connectivity index (χ0) is 14.5. The van der Waals surface area contributed by atoms with Gasteiger partial charge < -0.3 is 15.7 Å². The highest BCUT2D eigenvalue weighted by Gasteiger charge is 2.22. The fourth-order valence-electron chi connectivity index (χ4n) is 1.73. The molecule has 1 heterocycles. The summed E-state index contributed by atoms with van der Waals surface area (Å²) in [7, 11) is 0. The Labute approximate surface area is 115 Å². The van der Waals surface area contributed by atoms with Crippen molar-refractivity contribution in [3.8, 4) is 0 Å². The summed E-state index contributed by atoms with van der Waals surface area (Å²) >= 11 is 0. The molecule has 20 heavy (non-hydrogen) atoms. The van der Waals surface area contributed by atoms with Crippen LogP contribution in [-0.4, -0.2) is 34.6 Å². The van der Waals surface area contributed by atoms with Gasteiger partial charge in [-0.05, 0) is 25.3 Å². The lowest BCUT2D eigenvalue weighted by atomic mass is 10.2. The van der Waals surface area contributed by atoms with Crippen LogP contribution in [0.1, 0.15) is 36.0 Å². The van der Waals surface area contributed by atoms with Crippen molar-refractivity contribution in [2.75, 3.05) is 11.9 Å². The molecule has 1 aromatic heterocycles. The van der Waals surface area contributed by atoms with Crippen molar-refractivity contribution in [3.05, 3.63) is 23.6 Å². The Bertz CT molecular complexity index is 518. The van der Waals surface area contributed by atoms with Gasteiger partial charge in [-0.25, -0.2) is 14.2 Å². The first-order chi connectivity index (χ1) is 9.56. The van der Waals surface area contributed by atoms with Crippen LogP contribution in [0.25, 0.3) is 0 Å². The standard InChI is InChI=1S/C13H16FN3O3/c14-8-6-10(13(19)20)12(16-7-8)15-5-1-2-11(18)17-9-3-4-9/h6-7,9H,1-5H2,(H,15,16)(H,17,18)(H,19,20). The van der Waals surface area contributed by atoms with Gasteiger partial charge >= 0.3 is 5.97 Å². The summed E-state index contributed by atoms with van der Waals surface area (Å²) < 4.78 is 12.9. The van der Waals surface area contributed by atoms with Crippen LogP contribution in [-0.2, 0) is 4.79 Å². The molecule has 1 aliphatic carbocycles. The summed E-state index contributed by atoms with van der Waals surface area (Å²) in [4.78, 5) is 26.1. The van der Waals surface area contributed by atoms with Gasteiger partial charge in [0.2, 0.25) is 5.91 Å². The van der Waals surface area contributed by atoms with E-state index >= 15 is 0 Å². The first kappa shape index (κ1) is 14.2. The van der Waals surface area contributed by atoms with E-state index in [4.69, 9.17) is 5.11 Å². The Kier molecular flexibility index (Phi) is 4.49. The van der Waals surface area contributed by atoms with Crippen molar-refractivity contribution in [2.24, 2.45) is 0 Å². The second kappa shape index (κ2) is 6.31. The molecule has 0 radical (unpaired) electrons. The number of nitrogens with zero attached hydrogens (tertiary/aromatic N) is 1. The van der Waals surface area contributed by atoms with Crippen molar-refractivity contribution >= 4 is 17.7 Å². The normalized spacial score (nSPS) is 13.8. The Balaban J connectivity index is 1.78. The van der Waals surface area contributed by atoms with Crippen LogP contribution in [0.4, 0.5) is 10.2 Å². The van der Waals surface area contributed by atoms with Crippen LogP contribution in [0, 0.1) is 5.82 Å². The molecule has 0 atom stereocenters. The number of carboxylic acids is 1. The van der Waals surface area contributed by atoms with E-state index in [1.54, 1.807) is 0 Å². The minimum atomic E-state index is -1.24. The van der Waals surface area contributed by atoms with E-state index in [0.29, 0.717) is 25.4 Å². The van der Waals surface area contributed by atoms with Gasteiger partial charge in [0, 0.05) is 19.0 Å². The van der Waals surface area contributed by atoms with Crippen LogP contribution in [0.2, 0.25) is 0 Å². The minimum Gasteiger partial charge on any atom is -0.478 e. The van der Waals surface area contributed by atoms with Crippen molar-refractivity contribution in [1.82, 2.24) is 10.3 Å². The SMILES string of the molecule is O=C(CCCNc1ncc(F)cc1C(=O)O)NC1CC1. The van der Waals surface area contributed by atoms with E-state index in [1.165, 1.54) is 0 Å². The van der Waals surface area contributed by atoms with Crippen LogP contribution in [0.3, 0.4) is 0 Å². The van der Waals surface area contributed by atoms with Gasteiger partial charge in [-0.15, -0.1) is 0 Å². The topological polar surface area (TPSA) is 91.3 Å². The first-order valence-corrected chi connectivity index (χ1v) is 6.48. The molecule has 0 aliphatic heterocycles. The quantitative estimate of drug-likeness (QED) is 0.657. The minimum absolute atomic E-state index is 0.000164. The van der Waals surface area contributed by atoms with Gasteiger partial charge in [0.1, 0.15) is 17.2 Å². The Morgan fingerprint density at radius 3 is 2.85 bits per heavy atom. The van der Waals surface area contributed by atoms with Gasteiger partial charge in [0.05, 0.1) is 6.20 Å². The molecule has 1 fully saturated rings. The smallest absolute Gasteiger partial charge is 0.339 e. The van der Waals surface area contributed by atoms with Gasteiger partial charge in [-0.2, -0.15) is 0 Å². The third-order valence-corrected chi connectivity index (χ3v) is 2.90. The number of halogens is 1. The molecule has 0 unspecified atom stereocenters. The van der Waals surface area contributed by atoms with Crippen molar-refractivity contribution in [2.45, 2.75) is 31.7 Å². The van der Waals surface area contributed by atoms with E-state index in [0.717, 1.165) is 25.1 Å². The number of amides is 1. The van der Waals surface area contributed by atoms with E-state index in [2.05, 4.69) is 15.6 Å². The summed E-state index contributed by atoms with van der Waals surface area (Å²) in [6.07, 6.45) is 3.97. The lowest BCUT2D eigenvalue weighted by Gasteiger charge is -2.08. The molecule has 1 aromatic rings. The second-order valence-corrected chi connectivity index (χ2v) is 4.73. The average molecular weight is 281 g/mol. The number of carboxylic acid groups (broad SMARTS) is 1. The number of hydrogen-bond donors (Lipinski definition) is 3. The molecule has 0 saturated heterocycles. The van der Waals surface area contributed by atoms with E-state index in [-0.39, 0.29) is 17.3 Å². The van der Waals surface area contributed by atoms with Crippen LogP contribution in [0.5, 0.6) is 0 Å². The van der Waals surface area contributed by atoms with Crippen molar-refractivity contribution in [3.63, 3.8) is 0 Å². The number of carbonyl (C=O) groups excluding carboxylic acids is 1. The molecule has 2 rings (SSSR count).